The van der Waals surface area contributed by atoms with E-state index >= 15 is 0 Å². The number of hydrogen-bond acceptors (Lipinski definition) is 1. The van der Waals surface area contributed by atoms with Gasteiger partial charge in [0.05, 0.1) is 5.71 Å². The lowest BCUT2D eigenvalue weighted by molar-refractivity contribution is 0.587. The molecule has 1 nitrogen and oxygen atoms in total. The first-order valence-corrected chi connectivity index (χ1v) is 5.95. The molecule has 0 bridgehead atoms. The number of nitrogens with one attached hydrogen (secondary N) is 1. The van der Waals surface area contributed by atoms with Crippen molar-refractivity contribution < 1.29 is 0 Å². The highest BCUT2D eigenvalue weighted by Gasteiger charge is 2.07. The molecule has 1 N–H and O–H groups in total. The quantitative estimate of drug-likeness (QED) is 0.596. The van der Waals surface area contributed by atoms with Gasteiger partial charge in [-0.2, -0.15) is 0 Å². The second-order valence-corrected chi connectivity index (χ2v) is 3.89. The molecule has 0 aliphatic carbocycles. The summed E-state index contributed by atoms with van der Waals surface area (Å²) in [4.78, 5) is 0. The highest BCUT2D eigenvalue weighted by molar-refractivity contribution is 6.05. The predicted octanol–water partition coefficient (Wildman–Crippen LogP) is 4.99. The van der Waals surface area contributed by atoms with Crippen LogP contribution in [-0.4, -0.2) is 5.71 Å². The molecule has 0 spiro atoms. The summed E-state index contributed by atoms with van der Waals surface area (Å²) >= 11 is 0. The van der Waals surface area contributed by atoms with Crippen LogP contribution < -0.4 is 0 Å². The lowest BCUT2D eigenvalue weighted by atomic mass is 9.93. The monoisotopic (exact) mass is 209 g/mol. The van der Waals surface area contributed by atoms with Gasteiger partial charge in [-0.15, -0.1) is 0 Å². The molecule has 0 heterocycles. The summed E-state index contributed by atoms with van der Waals surface area (Å²) in [6, 6.07) is 0. The Hall–Kier alpha value is -0.850. The fourth-order valence-corrected chi connectivity index (χ4v) is 1.08. The Balaban J connectivity index is 0. The second kappa shape index (κ2) is 11.2. The largest absolute Gasteiger partial charge is 0.301 e. The normalized spacial score (nSPS) is 10.9. The van der Waals surface area contributed by atoms with E-state index in [4.69, 9.17) is 5.41 Å². The van der Waals surface area contributed by atoms with Gasteiger partial charge in [0.25, 0.3) is 0 Å². The Labute approximate surface area is 95.8 Å². The zero-order valence-electron chi connectivity index (χ0n) is 10.9. The average molecular weight is 209 g/mol. The van der Waals surface area contributed by atoms with Crippen molar-refractivity contribution in [1.82, 2.24) is 0 Å². The fraction of sp³-hybridized carbons (Fsp3) is 0.643. The molecule has 0 aromatic heterocycles. The van der Waals surface area contributed by atoms with E-state index in [1.807, 2.05) is 0 Å². The highest BCUT2D eigenvalue weighted by atomic mass is 14.4. The minimum absolute atomic E-state index is 0.426. The Morgan fingerprint density at radius 2 is 1.80 bits per heavy atom. The molecule has 0 amide bonds. The van der Waals surface area contributed by atoms with Gasteiger partial charge in [-0.05, 0) is 24.0 Å². The second-order valence-electron chi connectivity index (χ2n) is 3.89. The Morgan fingerprint density at radius 1 is 1.33 bits per heavy atom. The van der Waals surface area contributed by atoms with Crippen LogP contribution in [0.25, 0.3) is 0 Å². The lowest BCUT2D eigenvalue weighted by Crippen LogP contribution is -2.06. The maximum Gasteiger partial charge on any atom is 0.0562 e. The van der Waals surface area contributed by atoms with Crippen LogP contribution in [0.3, 0.4) is 0 Å². The van der Waals surface area contributed by atoms with Crippen molar-refractivity contribution in [2.75, 3.05) is 0 Å². The minimum Gasteiger partial charge on any atom is -0.301 e. The van der Waals surface area contributed by atoms with Gasteiger partial charge in [0.2, 0.25) is 0 Å². The van der Waals surface area contributed by atoms with E-state index in [-0.39, 0.29) is 0 Å². The van der Waals surface area contributed by atoms with Crippen molar-refractivity contribution in [2.45, 2.75) is 53.4 Å². The van der Waals surface area contributed by atoms with Crippen molar-refractivity contribution in [1.29, 1.82) is 5.41 Å². The van der Waals surface area contributed by atoms with Crippen LogP contribution in [0.4, 0.5) is 0 Å². The molecule has 0 rings (SSSR count). The average Bonchev–Trinajstić information content (AvgIpc) is 2.24. The number of rotatable bonds is 6. The van der Waals surface area contributed by atoms with Gasteiger partial charge in [-0.3, -0.25) is 0 Å². The van der Waals surface area contributed by atoms with E-state index in [9.17, 15) is 0 Å². The summed E-state index contributed by atoms with van der Waals surface area (Å²) in [7, 11) is 0. The molecule has 1 heteroatoms. The molecule has 0 aliphatic rings. The molecule has 0 radical (unpaired) electrons. The summed E-state index contributed by atoms with van der Waals surface area (Å²) in [6.07, 6.45) is 6.36. The Morgan fingerprint density at radius 3 is 2.13 bits per heavy atom. The van der Waals surface area contributed by atoms with Gasteiger partial charge >= 0.3 is 0 Å². The van der Waals surface area contributed by atoms with Gasteiger partial charge in [0, 0.05) is 0 Å². The maximum absolute atomic E-state index is 7.49. The van der Waals surface area contributed by atoms with Crippen LogP contribution in [0.15, 0.2) is 24.8 Å². The fourth-order valence-electron chi connectivity index (χ4n) is 1.08. The highest BCUT2D eigenvalue weighted by Crippen LogP contribution is 2.16. The first-order valence-electron chi connectivity index (χ1n) is 5.95. The third-order valence-electron chi connectivity index (χ3n) is 2.14. The third kappa shape index (κ3) is 9.45. The van der Waals surface area contributed by atoms with Gasteiger partial charge in [-0.25, -0.2) is 0 Å². The molecular weight excluding hydrogens is 182 g/mol. The Kier molecular flexibility index (Phi) is 12.4. The van der Waals surface area contributed by atoms with E-state index in [2.05, 4.69) is 40.9 Å². The van der Waals surface area contributed by atoms with Crippen molar-refractivity contribution >= 4 is 5.71 Å². The molecular formula is C14H27N. The van der Waals surface area contributed by atoms with Crippen molar-refractivity contribution in [3.8, 4) is 0 Å². The van der Waals surface area contributed by atoms with Crippen molar-refractivity contribution in [3.05, 3.63) is 24.8 Å². The van der Waals surface area contributed by atoms with Gasteiger partial charge in [0.1, 0.15) is 0 Å². The van der Waals surface area contributed by atoms with Crippen LogP contribution in [0, 0.1) is 11.3 Å². The topological polar surface area (TPSA) is 23.9 Å². The lowest BCUT2D eigenvalue weighted by Gasteiger charge is -2.12. The molecule has 0 aromatic rings. The molecule has 1 unspecified atom stereocenters. The third-order valence-corrected chi connectivity index (χ3v) is 2.14. The summed E-state index contributed by atoms with van der Waals surface area (Å²) < 4.78 is 0. The van der Waals surface area contributed by atoms with Crippen molar-refractivity contribution in [2.24, 2.45) is 5.92 Å². The molecule has 0 fully saturated rings. The van der Waals surface area contributed by atoms with Crippen LogP contribution in [0.5, 0.6) is 0 Å². The SMILES string of the molecule is C=CC(=N)C(=C)C(C)CCCC.CCC. The van der Waals surface area contributed by atoms with E-state index in [1.165, 1.54) is 19.3 Å². The molecule has 0 saturated carbocycles. The summed E-state index contributed by atoms with van der Waals surface area (Å²) in [5.41, 5.74) is 1.40. The molecule has 1 atom stereocenters. The number of allylic oxidation sites excluding steroid dienone is 2. The summed E-state index contributed by atoms with van der Waals surface area (Å²) in [5.74, 6) is 0.426. The number of hydrogen-bond donors (Lipinski definition) is 1. The van der Waals surface area contributed by atoms with Crippen LogP contribution in [-0.2, 0) is 0 Å². The van der Waals surface area contributed by atoms with E-state index < -0.39 is 0 Å². The smallest absolute Gasteiger partial charge is 0.0562 e. The zero-order valence-corrected chi connectivity index (χ0v) is 10.9. The van der Waals surface area contributed by atoms with Gasteiger partial charge < -0.3 is 5.41 Å². The molecule has 0 saturated heterocycles. The first-order chi connectivity index (χ1) is 7.04. The first kappa shape index (κ1) is 16.6. The summed E-state index contributed by atoms with van der Waals surface area (Å²) in [6.45, 7) is 16.0. The van der Waals surface area contributed by atoms with Gasteiger partial charge in [-0.1, -0.05) is 60.1 Å². The number of unbranched alkanes of at least 4 members (excludes halogenated alkanes) is 1. The van der Waals surface area contributed by atoms with Crippen LogP contribution >= 0.6 is 0 Å². The standard InChI is InChI=1S/C11H19N.C3H8/c1-5-7-8-9(3)10(4)11(12)6-2;1-3-2/h6,9,12H,2,4-5,7-8H2,1,3H3;3H2,1-2H3. The predicted molar refractivity (Wildman–Crippen MR) is 71.7 cm³/mol. The maximum atomic E-state index is 7.49. The van der Waals surface area contributed by atoms with E-state index in [0.29, 0.717) is 11.6 Å². The molecule has 0 aliphatic heterocycles. The van der Waals surface area contributed by atoms with Crippen LogP contribution in [0.2, 0.25) is 0 Å². The van der Waals surface area contributed by atoms with Crippen LogP contribution in [0.1, 0.15) is 53.4 Å². The Bertz CT molecular complexity index is 192. The van der Waals surface area contributed by atoms with Crippen molar-refractivity contribution in [3.63, 3.8) is 0 Å². The molecule has 88 valence electrons. The van der Waals surface area contributed by atoms with E-state index in [1.54, 1.807) is 6.08 Å². The minimum atomic E-state index is 0.426. The summed E-state index contributed by atoms with van der Waals surface area (Å²) in [5, 5.41) is 7.49. The molecule has 0 aromatic carbocycles. The zero-order chi connectivity index (χ0) is 12.3. The van der Waals surface area contributed by atoms with Gasteiger partial charge in [0.15, 0.2) is 0 Å². The van der Waals surface area contributed by atoms with E-state index in [0.717, 1.165) is 12.0 Å². The molecule has 15 heavy (non-hydrogen) atoms.